The molecule has 0 aliphatic heterocycles. The molecule has 1 N–H and O–H groups in total. The lowest BCUT2D eigenvalue weighted by atomic mass is 10.00. The molecular weight excluding hydrogens is 283 g/mol. The fourth-order valence-corrected chi connectivity index (χ4v) is 2.12. The zero-order chi connectivity index (χ0) is 14.7. The molecule has 106 valence electrons. The van der Waals surface area contributed by atoms with Crippen LogP contribution in [0.3, 0.4) is 0 Å². The van der Waals surface area contributed by atoms with Crippen LogP contribution in [0.15, 0.2) is 36.4 Å². The van der Waals surface area contributed by atoms with E-state index in [0.717, 1.165) is 0 Å². The highest BCUT2D eigenvalue weighted by Gasteiger charge is 2.19. The molecule has 3 nitrogen and oxygen atoms in total. The zero-order valence-electron chi connectivity index (χ0n) is 11.1. The topological polar surface area (TPSA) is 38.7 Å². The number of halogens is 2. The van der Waals surface area contributed by atoms with Crippen LogP contribution >= 0.6 is 11.6 Å². The Morgan fingerprint density at radius 2 is 1.80 bits per heavy atom. The molecule has 2 aromatic rings. The van der Waals surface area contributed by atoms with E-state index in [9.17, 15) is 9.50 Å². The van der Waals surface area contributed by atoms with E-state index in [2.05, 4.69) is 0 Å². The number of aliphatic hydroxyl groups is 1. The van der Waals surface area contributed by atoms with Gasteiger partial charge in [0.15, 0.2) is 0 Å². The minimum atomic E-state index is -1.17. The molecule has 0 heterocycles. The van der Waals surface area contributed by atoms with Crippen LogP contribution in [0.2, 0.25) is 5.02 Å². The second kappa shape index (κ2) is 6.11. The fraction of sp³-hybridized carbons (Fsp3) is 0.200. The van der Waals surface area contributed by atoms with Gasteiger partial charge in [0.2, 0.25) is 0 Å². The number of hydrogen-bond acceptors (Lipinski definition) is 3. The SMILES string of the molecule is COc1ccc(C(O)c2cc(Cl)ccc2OC)c(F)c1. The smallest absolute Gasteiger partial charge is 0.133 e. The monoisotopic (exact) mass is 296 g/mol. The lowest BCUT2D eigenvalue weighted by molar-refractivity contribution is 0.209. The Labute approximate surface area is 121 Å². The zero-order valence-corrected chi connectivity index (χ0v) is 11.8. The van der Waals surface area contributed by atoms with Gasteiger partial charge in [0, 0.05) is 22.2 Å². The van der Waals surface area contributed by atoms with E-state index in [1.54, 1.807) is 24.3 Å². The van der Waals surface area contributed by atoms with Crippen molar-refractivity contribution >= 4 is 11.6 Å². The van der Waals surface area contributed by atoms with E-state index in [1.165, 1.54) is 26.4 Å². The molecule has 2 aromatic carbocycles. The average Bonchev–Trinajstić information content (AvgIpc) is 2.46. The van der Waals surface area contributed by atoms with Gasteiger partial charge >= 0.3 is 0 Å². The second-order valence-corrected chi connectivity index (χ2v) is 4.61. The van der Waals surface area contributed by atoms with Crippen LogP contribution in [0, 0.1) is 5.82 Å². The summed E-state index contributed by atoms with van der Waals surface area (Å²) in [6.45, 7) is 0. The van der Waals surface area contributed by atoms with E-state index in [1.807, 2.05) is 0 Å². The van der Waals surface area contributed by atoms with Gasteiger partial charge in [-0.3, -0.25) is 0 Å². The molecule has 0 amide bonds. The van der Waals surface area contributed by atoms with Crippen LogP contribution in [0.1, 0.15) is 17.2 Å². The lowest BCUT2D eigenvalue weighted by Gasteiger charge is -2.16. The van der Waals surface area contributed by atoms with Gasteiger partial charge in [-0.05, 0) is 30.3 Å². The van der Waals surface area contributed by atoms with E-state index < -0.39 is 11.9 Å². The molecule has 0 fully saturated rings. The first kappa shape index (κ1) is 14.6. The van der Waals surface area contributed by atoms with Gasteiger partial charge in [0.05, 0.1) is 14.2 Å². The van der Waals surface area contributed by atoms with Gasteiger partial charge in [-0.25, -0.2) is 4.39 Å². The Kier molecular flexibility index (Phi) is 4.47. The Hall–Kier alpha value is -1.78. The third kappa shape index (κ3) is 2.86. The molecule has 0 bridgehead atoms. The summed E-state index contributed by atoms with van der Waals surface area (Å²) in [5.41, 5.74) is 0.537. The van der Waals surface area contributed by atoms with E-state index >= 15 is 0 Å². The molecule has 0 radical (unpaired) electrons. The largest absolute Gasteiger partial charge is 0.497 e. The Morgan fingerprint density at radius 3 is 2.40 bits per heavy atom. The lowest BCUT2D eigenvalue weighted by Crippen LogP contribution is -2.05. The van der Waals surface area contributed by atoms with E-state index in [-0.39, 0.29) is 5.56 Å². The summed E-state index contributed by atoms with van der Waals surface area (Å²) < 4.78 is 24.1. The number of methoxy groups -OCH3 is 2. The van der Waals surface area contributed by atoms with Crippen molar-refractivity contribution in [3.8, 4) is 11.5 Å². The van der Waals surface area contributed by atoms with E-state index in [4.69, 9.17) is 21.1 Å². The number of aliphatic hydroxyl groups excluding tert-OH is 1. The predicted molar refractivity (Wildman–Crippen MR) is 75.0 cm³/mol. The van der Waals surface area contributed by atoms with Gasteiger partial charge in [0.25, 0.3) is 0 Å². The summed E-state index contributed by atoms with van der Waals surface area (Å²) in [5, 5.41) is 10.8. The predicted octanol–water partition coefficient (Wildman–Crippen LogP) is 3.58. The first-order valence-electron chi connectivity index (χ1n) is 5.91. The molecular formula is C15H14ClFO3. The summed E-state index contributed by atoms with van der Waals surface area (Å²) in [7, 11) is 2.93. The van der Waals surface area contributed by atoms with Crippen LogP contribution < -0.4 is 9.47 Å². The highest BCUT2D eigenvalue weighted by Crippen LogP contribution is 2.34. The van der Waals surface area contributed by atoms with Gasteiger partial charge < -0.3 is 14.6 Å². The molecule has 0 spiro atoms. The summed E-state index contributed by atoms with van der Waals surface area (Å²) in [6, 6.07) is 9.09. The van der Waals surface area contributed by atoms with Crippen molar-refractivity contribution in [2.45, 2.75) is 6.10 Å². The summed E-state index contributed by atoms with van der Waals surface area (Å²) in [5.74, 6) is 0.271. The van der Waals surface area contributed by atoms with Crippen LogP contribution in [-0.4, -0.2) is 19.3 Å². The number of rotatable bonds is 4. The van der Waals surface area contributed by atoms with Gasteiger partial charge in [-0.1, -0.05) is 11.6 Å². The van der Waals surface area contributed by atoms with Crippen LogP contribution in [0.25, 0.3) is 0 Å². The highest BCUT2D eigenvalue weighted by atomic mass is 35.5. The molecule has 0 saturated heterocycles. The maximum Gasteiger partial charge on any atom is 0.133 e. The molecule has 2 rings (SSSR count). The van der Waals surface area contributed by atoms with Crippen molar-refractivity contribution in [1.29, 1.82) is 0 Å². The van der Waals surface area contributed by atoms with Crippen molar-refractivity contribution in [2.24, 2.45) is 0 Å². The third-order valence-electron chi connectivity index (χ3n) is 2.99. The number of hydrogen-bond donors (Lipinski definition) is 1. The van der Waals surface area contributed by atoms with Gasteiger partial charge in [-0.15, -0.1) is 0 Å². The molecule has 1 unspecified atom stereocenters. The van der Waals surface area contributed by atoms with Crippen molar-refractivity contribution < 1.29 is 19.0 Å². The van der Waals surface area contributed by atoms with Crippen LogP contribution in [0.5, 0.6) is 11.5 Å². The van der Waals surface area contributed by atoms with E-state index in [0.29, 0.717) is 22.1 Å². The Balaban J connectivity index is 2.45. The van der Waals surface area contributed by atoms with Crippen LogP contribution in [-0.2, 0) is 0 Å². The van der Waals surface area contributed by atoms with Crippen molar-refractivity contribution in [3.63, 3.8) is 0 Å². The standard InChI is InChI=1S/C15H14ClFO3/c1-19-10-4-5-11(13(17)8-10)15(18)12-7-9(16)3-6-14(12)20-2/h3-8,15,18H,1-2H3. The summed E-state index contributed by atoms with van der Waals surface area (Å²) in [6.07, 6.45) is -1.17. The molecule has 20 heavy (non-hydrogen) atoms. The molecule has 0 saturated carbocycles. The van der Waals surface area contributed by atoms with Crippen molar-refractivity contribution in [3.05, 3.63) is 58.4 Å². The highest BCUT2D eigenvalue weighted by molar-refractivity contribution is 6.30. The van der Waals surface area contributed by atoms with Crippen LogP contribution in [0.4, 0.5) is 4.39 Å². The van der Waals surface area contributed by atoms with Crippen molar-refractivity contribution in [2.75, 3.05) is 14.2 Å². The molecule has 5 heteroatoms. The number of ether oxygens (including phenoxy) is 2. The van der Waals surface area contributed by atoms with Crippen molar-refractivity contribution in [1.82, 2.24) is 0 Å². The molecule has 1 atom stereocenters. The quantitative estimate of drug-likeness (QED) is 0.937. The Morgan fingerprint density at radius 1 is 1.05 bits per heavy atom. The maximum atomic E-state index is 14.0. The molecule has 0 aromatic heterocycles. The minimum absolute atomic E-state index is 0.131. The second-order valence-electron chi connectivity index (χ2n) is 4.18. The molecule has 0 aliphatic rings. The maximum absolute atomic E-state index is 14.0. The first-order chi connectivity index (χ1) is 9.56. The normalized spacial score (nSPS) is 12.1. The average molecular weight is 297 g/mol. The fourth-order valence-electron chi connectivity index (χ4n) is 1.94. The minimum Gasteiger partial charge on any atom is -0.497 e. The first-order valence-corrected chi connectivity index (χ1v) is 6.29. The molecule has 0 aliphatic carbocycles. The summed E-state index contributed by atoms with van der Waals surface area (Å²) in [4.78, 5) is 0. The number of benzene rings is 2. The van der Waals surface area contributed by atoms with Gasteiger partial charge in [-0.2, -0.15) is 0 Å². The Bertz CT molecular complexity index is 616. The third-order valence-corrected chi connectivity index (χ3v) is 3.22. The van der Waals surface area contributed by atoms with Gasteiger partial charge in [0.1, 0.15) is 23.4 Å². The summed E-state index contributed by atoms with van der Waals surface area (Å²) >= 11 is 5.91.